The Morgan fingerprint density at radius 2 is 1.89 bits per heavy atom. The Balaban J connectivity index is 1.48. The molecule has 1 aliphatic heterocycles. The Kier molecular flexibility index (Phi) is 8.50. The molecule has 1 aromatic rings. The number of nitrogens with zero attached hydrogens (tertiary/aromatic N) is 2. The molecule has 2 N–H and O–H groups in total. The minimum absolute atomic E-state index is 0.102. The van der Waals surface area contributed by atoms with Crippen molar-refractivity contribution in [2.45, 2.75) is 84.5 Å². The number of esters is 1. The van der Waals surface area contributed by atoms with Gasteiger partial charge in [0.1, 0.15) is 6.61 Å². The van der Waals surface area contributed by atoms with Gasteiger partial charge in [-0.3, -0.25) is 9.59 Å². The van der Waals surface area contributed by atoms with Crippen LogP contribution in [0.5, 0.6) is 0 Å². The molecule has 1 unspecified atom stereocenters. The van der Waals surface area contributed by atoms with Gasteiger partial charge in [-0.05, 0) is 116 Å². The van der Waals surface area contributed by atoms with Crippen molar-refractivity contribution in [1.29, 1.82) is 0 Å². The third-order valence-corrected chi connectivity index (χ3v) is 11.7. The summed E-state index contributed by atoms with van der Waals surface area (Å²) in [6.45, 7) is 7.42. The van der Waals surface area contributed by atoms with Crippen molar-refractivity contribution in [2.75, 3.05) is 31.2 Å². The molecule has 44 heavy (non-hydrogen) atoms. The van der Waals surface area contributed by atoms with E-state index in [2.05, 4.69) is 66.1 Å². The SMILES string of the molecule is CC(=O)OCC(=O)[C@@]1(C#CCO)CC[C@H]2[C@@H]3CC(C)C4=CC(=NO)CCC4=C3[C@@H](c3ccc(N4CCCCC4)cc3)C[C@@]21C. The Hall–Kier alpha value is -3.37. The molecule has 234 valence electrons. The van der Waals surface area contributed by atoms with E-state index in [4.69, 9.17) is 4.74 Å². The highest BCUT2D eigenvalue weighted by Gasteiger charge is 2.66. The van der Waals surface area contributed by atoms with Crippen LogP contribution >= 0.6 is 0 Å². The van der Waals surface area contributed by atoms with Crippen LogP contribution in [0.15, 0.2) is 52.2 Å². The van der Waals surface area contributed by atoms with Gasteiger partial charge < -0.3 is 20.0 Å². The number of oxime groups is 1. The number of anilines is 1. The number of benzene rings is 1. The molecule has 7 nitrogen and oxygen atoms in total. The van der Waals surface area contributed by atoms with Crippen LogP contribution in [0.25, 0.3) is 0 Å². The number of hydrogen-bond acceptors (Lipinski definition) is 7. The van der Waals surface area contributed by atoms with Crippen LogP contribution in [0.3, 0.4) is 0 Å². The zero-order chi connectivity index (χ0) is 31.1. The maximum Gasteiger partial charge on any atom is 0.303 e. The summed E-state index contributed by atoms with van der Waals surface area (Å²) in [6.07, 6.45) is 10.6. The number of piperidine rings is 1. The largest absolute Gasteiger partial charge is 0.458 e. The van der Waals surface area contributed by atoms with Crippen LogP contribution in [0.4, 0.5) is 5.69 Å². The molecule has 6 atom stereocenters. The standard InChI is InChI=1S/C37H46N2O5/c1-24-20-31-33-14-16-37(15-7-19-40,34(42)23-44-25(2)41)36(33,3)22-32(35(31)29-13-10-27(38-43)21-30(24)29)26-8-11-28(12-9-26)39-17-5-4-6-18-39/h8-9,11-12,21,24,31-33,40,43H,4-6,10,13-14,16-20,22-23H2,1-3H3/t24?,31-,32+,33-,36-,37+/m0/s1. The van der Waals surface area contributed by atoms with Crippen molar-refractivity contribution in [1.82, 2.24) is 0 Å². The van der Waals surface area contributed by atoms with E-state index in [1.807, 2.05) is 0 Å². The van der Waals surface area contributed by atoms with Crippen molar-refractivity contribution >= 4 is 23.2 Å². The first-order valence-corrected chi connectivity index (χ1v) is 16.5. The van der Waals surface area contributed by atoms with Gasteiger partial charge in [0.05, 0.1) is 11.1 Å². The third kappa shape index (κ3) is 5.09. The van der Waals surface area contributed by atoms with E-state index < -0.39 is 16.8 Å². The summed E-state index contributed by atoms with van der Waals surface area (Å²) in [4.78, 5) is 28.3. The number of ketones is 1. The fourth-order valence-corrected chi connectivity index (χ4v) is 9.65. The number of aliphatic hydroxyl groups is 1. The molecule has 0 aromatic heterocycles. The van der Waals surface area contributed by atoms with E-state index in [-0.39, 0.29) is 36.8 Å². The van der Waals surface area contributed by atoms with Gasteiger partial charge in [-0.25, -0.2) is 0 Å². The zero-order valence-electron chi connectivity index (χ0n) is 26.4. The molecule has 1 saturated heterocycles. The minimum atomic E-state index is -0.999. The predicted octanol–water partition coefficient (Wildman–Crippen LogP) is 6.20. The molecule has 1 aromatic carbocycles. The van der Waals surface area contributed by atoms with Gasteiger partial charge >= 0.3 is 5.97 Å². The number of hydrogen-bond donors (Lipinski definition) is 2. The maximum atomic E-state index is 14.1. The molecule has 5 aliphatic rings. The smallest absolute Gasteiger partial charge is 0.303 e. The summed E-state index contributed by atoms with van der Waals surface area (Å²) < 4.78 is 5.27. The van der Waals surface area contributed by atoms with Gasteiger partial charge in [0.2, 0.25) is 0 Å². The number of rotatable bonds is 5. The number of carbonyl (C=O) groups excluding carboxylic acids is 2. The minimum Gasteiger partial charge on any atom is -0.458 e. The van der Waals surface area contributed by atoms with Crippen LogP contribution < -0.4 is 4.90 Å². The number of carbonyl (C=O) groups is 2. The average molecular weight is 599 g/mol. The Morgan fingerprint density at radius 1 is 1.14 bits per heavy atom. The first-order valence-electron chi connectivity index (χ1n) is 16.5. The quantitative estimate of drug-likeness (QED) is 0.181. The fourth-order valence-electron chi connectivity index (χ4n) is 9.65. The second-order valence-corrected chi connectivity index (χ2v) is 13.9. The lowest BCUT2D eigenvalue weighted by molar-refractivity contribution is -0.150. The van der Waals surface area contributed by atoms with Crippen molar-refractivity contribution in [2.24, 2.45) is 33.7 Å². The van der Waals surface area contributed by atoms with Gasteiger partial charge in [-0.15, -0.1) is 0 Å². The van der Waals surface area contributed by atoms with Crippen molar-refractivity contribution < 1.29 is 24.6 Å². The first kappa shape index (κ1) is 30.6. The van der Waals surface area contributed by atoms with E-state index in [0.29, 0.717) is 18.8 Å². The van der Waals surface area contributed by atoms with Gasteiger partial charge in [0.15, 0.2) is 12.4 Å². The summed E-state index contributed by atoms with van der Waals surface area (Å²) in [5.41, 5.74) is 6.01. The van der Waals surface area contributed by atoms with Crippen LogP contribution in [0.1, 0.15) is 90.0 Å². The summed E-state index contributed by atoms with van der Waals surface area (Å²) in [7, 11) is 0. The molecule has 3 fully saturated rings. The molecule has 0 spiro atoms. The average Bonchev–Trinajstić information content (AvgIpc) is 3.35. The van der Waals surface area contributed by atoms with Crippen LogP contribution in [-0.4, -0.2) is 54.1 Å². The Bertz CT molecular complexity index is 1460. The summed E-state index contributed by atoms with van der Waals surface area (Å²) in [6, 6.07) is 9.14. The highest BCUT2D eigenvalue weighted by atomic mass is 16.5. The molecule has 1 heterocycles. The van der Waals surface area contributed by atoms with Gasteiger partial charge in [0, 0.05) is 31.6 Å². The highest BCUT2D eigenvalue weighted by molar-refractivity contribution is 5.97. The molecule has 0 radical (unpaired) electrons. The highest BCUT2D eigenvalue weighted by Crippen LogP contribution is 2.70. The normalized spacial score (nSPS) is 33.9. The lowest BCUT2D eigenvalue weighted by Gasteiger charge is -2.55. The number of ether oxygens (including phenoxy) is 1. The number of fused-ring (bicyclic) bond motifs is 4. The molecule has 2 saturated carbocycles. The molecule has 7 heteroatoms. The lowest BCUT2D eigenvalue weighted by Crippen LogP contribution is -2.52. The zero-order valence-corrected chi connectivity index (χ0v) is 26.4. The summed E-state index contributed by atoms with van der Waals surface area (Å²) >= 11 is 0. The van der Waals surface area contributed by atoms with Crippen molar-refractivity contribution in [3.05, 3.63) is 52.6 Å². The van der Waals surface area contributed by atoms with Gasteiger partial charge in [-0.2, -0.15) is 0 Å². The second kappa shape index (κ2) is 12.2. The van der Waals surface area contributed by atoms with Gasteiger partial charge in [0.25, 0.3) is 0 Å². The topological polar surface area (TPSA) is 99.4 Å². The fraction of sp³-hybridized carbons (Fsp3) is 0.595. The second-order valence-electron chi connectivity index (χ2n) is 13.9. The molecular formula is C37H46N2O5. The Morgan fingerprint density at radius 3 is 2.57 bits per heavy atom. The van der Waals surface area contributed by atoms with Crippen molar-refractivity contribution in [3.8, 4) is 11.8 Å². The summed E-state index contributed by atoms with van der Waals surface area (Å²) in [5, 5.41) is 22.9. The lowest BCUT2D eigenvalue weighted by atomic mass is 9.47. The summed E-state index contributed by atoms with van der Waals surface area (Å²) in [5.74, 6) is 6.46. The van der Waals surface area contributed by atoms with Crippen LogP contribution in [0, 0.1) is 40.4 Å². The number of allylic oxidation sites excluding steroid dienone is 4. The third-order valence-electron chi connectivity index (χ3n) is 11.7. The predicted molar refractivity (Wildman–Crippen MR) is 170 cm³/mol. The van der Waals surface area contributed by atoms with Crippen LogP contribution in [0.2, 0.25) is 0 Å². The monoisotopic (exact) mass is 598 g/mol. The molecule has 6 rings (SSSR count). The Labute approximate surface area is 261 Å². The molecule has 0 bridgehead atoms. The van der Waals surface area contributed by atoms with Crippen molar-refractivity contribution in [3.63, 3.8) is 0 Å². The van der Waals surface area contributed by atoms with E-state index in [1.165, 1.54) is 54.2 Å². The molecule has 4 aliphatic carbocycles. The van der Waals surface area contributed by atoms with Crippen LogP contribution in [-0.2, 0) is 14.3 Å². The van der Waals surface area contributed by atoms with E-state index in [9.17, 15) is 19.9 Å². The number of aliphatic hydroxyl groups excluding tert-OH is 1. The van der Waals surface area contributed by atoms with E-state index in [1.54, 1.807) is 0 Å². The van der Waals surface area contributed by atoms with E-state index in [0.717, 1.165) is 44.5 Å². The molecular weight excluding hydrogens is 552 g/mol. The molecule has 0 amide bonds. The first-order chi connectivity index (χ1) is 21.2. The van der Waals surface area contributed by atoms with E-state index >= 15 is 0 Å². The van der Waals surface area contributed by atoms with Gasteiger partial charge in [-0.1, -0.05) is 48.5 Å². The maximum absolute atomic E-state index is 14.1. The number of Topliss-reactive ketones (excluding diaryl/α,β-unsaturated/α-hetero) is 1.